The molecule has 4 heteroatoms. The lowest BCUT2D eigenvalue weighted by Crippen LogP contribution is -2.00. The van der Waals surface area contributed by atoms with Gasteiger partial charge in [0.05, 0.1) is 11.8 Å². The van der Waals surface area contributed by atoms with E-state index in [1.54, 1.807) is 17.1 Å². The van der Waals surface area contributed by atoms with Crippen molar-refractivity contribution < 1.29 is 9.21 Å². The smallest absolute Gasteiger partial charge is 0.231 e. The fourth-order valence-electron chi connectivity index (χ4n) is 2.33. The normalized spacial score (nSPS) is 11.2. The van der Waals surface area contributed by atoms with Gasteiger partial charge in [0.2, 0.25) is 5.78 Å². The van der Waals surface area contributed by atoms with Crippen LogP contribution in [0.4, 0.5) is 0 Å². The first-order valence-electron chi connectivity index (χ1n) is 6.67. The Morgan fingerprint density at radius 3 is 2.85 bits per heavy atom. The summed E-state index contributed by atoms with van der Waals surface area (Å²) < 4.78 is 7.48. The molecule has 0 amide bonds. The lowest BCUT2D eigenvalue weighted by molar-refractivity contribution is 0.101. The summed E-state index contributed by atoms with van der Waals surface area (Å²) in [4.78, 5) is 12.5. The van der Waals surface area contributed by atoms with E-state index in [1.807, 2.05) is 39.0 Å². The van der Waals surface area contributed by atoms with Crippen molar-refractivity contribution in [3.63, 3.8) is 0 Å². The van der Waals surface area contributed by atoms with Gasteiger partial charge in [-0.3, -0.25) is 9.48 Å². The summed E-state index contributed by atoms with van der Waals surface area (Å²) in [7, 11) is 0. The molecule has 0 fully saturated rings. The molecule has 0 N–H and O–H groups in total. The van der Waals surface area contributed by atoms with Crippen molar-refractivity contribution in [3.8, 4) is 0 Å². The Balaban J connectivity index is 2.09. The second kappa shape index (κ2) is 4.63. The van der Waals surface area contributed by atoms with Crippen LogP contribution in [0.3, 0.4) is 0 Å². The number of nitrogens with zero attached hydrogens (tertiary/aromatic N) is 2. The third-order valence-electron chi connectivity index (χ3n) is 3.52. The molecule has 102 valence electrons. The van der Waals surface area contributed by atoms with Crippen LogP contribution in [-0.2, 0) is 6.54 Å². The van der Waals surface area contributed by atoms with E-state index >= 15 is 0 Å². The van der Waals surface area contributed by atoms with Crippen LogP contribution in [0, 0.1) is 13.8 Å². The van der Waals surface area contributed by atoms with E-state index in [-0.39, 0.29) is 5.78 Å². The van der Waals surface area contributed by atoms with Gasteiger partial charge in [-0.2, -0.15) is 5.10 Å². The van der Waals surface area contributed by atoms with Crippen LogP contribution in [0.5, 0.6) is 0 Å². The molecule has 4 nitrogen and oxygen atoms in total. The number of hydrogen-bond donors (Lipinski definition) is 0. The number of aromatic nitrogens is 2. The monoisotopic (exact) mass is 268 g/mol. The molecule has 0 aliphatic heterocycles. The zero-order chi connectivity index (χ0) is 14.3. The van der Waals surface area contributed by atoms with E-state index in [9.17, 15) is 4.79 Å². The van der Waals surface area contributed by atoms with Crippen molar-refractivity contribution in [2.45, 2.75) is 27.3 Å². The zero-order valence-corrected chi connectivity index (χ0v) is 11.8. The first-order valence-corrected chi connectivity index (χ1v) is 6.67. The number of ketones is 1. The Labute approximate surface area is 117 Å². The number of aryl methyl sites for hydroxylation is 3. The second-order valence-corrected chi connectivity index (χ2v) is 4.97. The summed E-state index contributed by atoms with van der Waals surface area (Å²) in [5.41, 5.74) is 3.32. The van der Waals surface area contributed by atoms with Gasteiger partial charge in [-0.05, 0) is 32.4 Å². The van der Waals surface area contributed by atoms with Crippen LogP contribution in [0.25, 0.3) is 11.0 Å². The minimum Gasteiger partial charge on any atom is -0.452 e. The minimum atomic E-state index is -0.115. The number of carbonyl (C=O) groups excluding carboxylic acids is 1. The summed E-state index contributed by atoms with van der Waals surface area (Å²) in [6.07, 6.45) is 3.34. The summed E-state index contributed by atoms with van der Waals surface area (Å²) in [6, 6.07) is 5.97. The van der Waals surface area contributed by atoms with E-state index in [2.05, 4.69) is 5.10 Å². The molecule has 0 saturated carbocycles. The SMILES string of the molecule is CCn1cc(C(=O)c2oc3cc(C)ccc3c2C)cn1. The largest absolute Gasteiger partial charge is 0.452 e. The third-order valence-corrected chi connectivity index (χ3v) is 3.52. The van der Waals surface area contributed by atoms with Gasteiger partial charge in [0.1, 0.15) is 5.58 Å². The average Bonchev–Trinajstić information content (AvgIpc) is 3.03. The highest BCUT2D eigenvalue weighted by Gasteiger charge is 2.20. The minimum absolute atomic E-state index is 0.115. The molecule has 20 heavy (non-hydrogen) atoms. The molecular formula is C16H16N2O2. The molecule has 0 spiro atoms. The van der Waals surface area contributed by atoms with Crippen LogP contribution >= 0.6 is 0 Å². The fourth-order valence-corrected chi connectivity index (χ4v) is 2.33. The number of hydrogen-bond acceptors (Lipinski definition) is 3. The standard InChI is InChI=1S/C16H16N2O2/c1-4-18-9-12(8-17-18)15(19)16-11(3)13-6-5-10(2)7-14(13)20-16/h5-9H,4H2,1-3H3. The molecule has 3 aromatic rings. The number of benzene rings is 1. The van der Waals surface area contributed by atoms with Gasteiger partial charge in [0.15, 0.2) is 5.76 Å². The zero-order valence-electron chi connectivity index (χ0n) is 11.8. The van der Waals surface area contributed by atoms with Crippen molar-refractivity contribution in [2.75, 3.05) is 0 Å². The van der Waals surface area contributed by atoms with Gasteiger partial charge < -0.3 is 4.42 Å². The highest BCUT2D eigenvalue weighted by Crippen LogP contribution is 2.27. The van der Waals surface area contributed by atoms with Crippen molar-refractivity contribution in [1.29, 1.82) is 0 Å². The summed E-state index contributed by atoms with van der Waals surface area (Å²) in [5.74, 6) is 0.289. The number of carbonyl (C=O) groups is 1. The quantitative estimate of drug-likeness (QED) is 0.683. The average molecular weight is 268 g/mol. The lowest BCUT2D eigenvalue weighted by atomic mass is 10.1. The van der Waals surface area contributed by atoms with Gasteiger partial charge in [0.25, 0.3) is 0 Å². The molecule has 2 aromatic heterocycles. The second-order valence-electron chi connectivity index (χ2n) is 4.97. The van der Waals surface area contributed by atoms with Crippen molar-refractivity contribution in [2.24, 2.45) is 0 Å². The first kappa shape index (κ1) is 12.7. The molecule has 0 aliphatic carbocycles. The molecule has 0 radical (unpaired) electrons. The predicted octanol–water partition coefficient (Wildman–Crippen LogP) is 3.50. The van der Waals surface area contributed by atoms with Crippen LogP contribution in [0.2, 0.25) is 0 Å². The molecule has 3 rings (SSSR count). The van der Waals surface area contributed by atoms with Gasteiger partial charge in [-0.25, -0.2) is 0 Å². The van der Waals surface area contributed by atoms with E-state index in [0.717, 1.165) is 28.6 Å². The Hall–Kier alpha value is -2.36. The topological polar surface area (TPSA) is 48.0 Å². The number of fused-ring (bicyclic) bond motifs is 1. The van der Waals surface area contributed by atoms with Crippen molar-refractivity contribution >= 4 is 16.8 Å². The predicted molar refractivity (Wildman–Crippen MR) is 77.0 cm³/mol. The summed E-state index contributed by atoms with van der Waals surface area (Å²) in [5, 5.41) is 5.12. The lowest BCUT2D eigenvalue weighted by Gasteiger charge is -1.94. The van der Waals surface area contributed by atoms with E-state index in [4.69, 9.17) is 4.42 Å². The fraction of sp³-hybridized carbons (Fsp3) is 0.250. The van der Waals surface area contributed by atoms with Crippen LogP contribution < -0.4 is 0 Å². The maximum Gasteiger partial charge on any atom is 0.231 e. The first-order chi connectivity index (χ1) is 9.60. The van der Waals surface area contributed by atoms with Crippen LogP contribution in [0.15, 0.2) is 35.0 Å². The van der Waals surface area contributed by atoms with Crippen molar-refractivity contribution in [3.05, 3.63) is 53.0 Å². The maximum absolute atomic E-state index is 12.5. The Morgan fingerprint density at radius 2 is 2.15 bits per heavy atom. The van der Waals surface area contributed by atoms with Crippen LogP contribution in [-0.4, -0.2) is 15.6 Å². The Bertz CT molecular complexity index is 796. The van der Waals surface area contributed by atoms with Gasteiger partial charge >= 0.3 is 0 Å². The van der Waals surface area contributed by atoms with Gasteiger partial charge in [0, 0.05) is 23.7 Å². The molecule has 0 aliphatic rings. The molecule has 0 bridgehead atoms. The third kappa shape index (κ3) is 1.93. The summed E-state index contributed by atoms with van der Waals surface area (Å²) >= 11 is 0. The molecule has 0 unspecified atom stereocenters. The van der Waals surface area contributed by atoms with E-state index < -0.39 is 0 Å². The Morgan fingerprint density at radius 1 is 1.35 bits per heavy atom. The molecule has 2 heterocycles. The molecule has 0 atom stereocenters. The maximum atomic E-state index is 12.5. The van der Waals surface area contributed by atoms with Gasteiger partial charge in [-0.15, -0.1) is 0 Å². The molecule has 0 saturated heterocycles. The van der Waals surface area contributed by atoms with Crippen LogP contribution in [0.1, 0.15) is 34.2 Å². The highest BCUT2D eigenvalue weighted by atomic mass is 16.3. The van der Waals surface area contributed by atoms with E-state index in [0.29, 0.717) is 11.3 Å². The number of rotatable bonds is 3. The molecular weight excluding hydrogens is 252 g/mol. The number of furan rings is 1. The Kier molecular flexibility index (Phi) is 2.93. The summed E-state index contributed by atoms with van der Waals surface area (Å²) in [6.45, 7) is 6.64. The van der Waals surface area contributed by atoms with Gasteiger partial charge in [-0.1, -0.05) is 12.1 Å². The van der Waals surface area contributed by atoms with Crippen molar-refractivity contribution in [1.82, 2.24) is 9.78 Å². The molecule has 1 aromatic carbocycles. The van der Waals surface area contributed by atoms with E-state index in [1.165, 1.54) is 0 Å². The highest BCUT2D eigenvalue weighted by molar-refractivity contribution is 6.10.